The Morgan fingerprint density at radius 3 is 2.53 bits per heavy atom. The lowest BCUT2D eigenvalue weighted by atomic mass is 10.1. The van der Waals surface area contributed by atoms with Crippen LogP contribution in [0.2, 0.25) is 0 Å². The number of hydrogen-bond acceptors (Lipinski definition) is 6. The van der Waals surface area contributed by atoms with Gasteiger partial charge in [-0.25, -0.2) is 9.97 Å². The zero-order valence-electron chi connectivity index (χ0n) is 17.3. The highest BCUT2D eigenvalue weighted by atomic mass is 16.5. The first-order valence-electron chi connectivity index (χ1n) is 9.81. The molecule has 1 unspecified atom stereocenters. The molecule has 0 bridgehead atoms. The molecule has 0 saturated heterocycles. The lowest BCUT2D eigenvalue weighted by Crippen LogP contribution is -2.11. The van der Waals surface area contributed by atoms with E-state index >= 15 is 0 Å². The number of fused-ring (bicyclic) bond motifs is 1. The minimum atomic E-state index is -0.448. The van der Waals surface area contributed by atoms with E-state index in [0.29, 0.717) is 6.54 Å². The summed E-state index contributed by atoms with van der Waals surface area (Å²) in [7, 11) is 3.30. The van der Waals surface area contributed by atoms with Gasteiger partial charge in [0.1, 0.15) is 17.0 Å². The first-order valence-corrected chi connectivity index (χ1v) is 9.81. The molecular formula is C22H25N5O3. The number of aliphatic hydroxyl groups excluding tert-OH is 1. The Morgan fingerprint density at radius 2 is 1.83 bits per heavy atom. The first kappa shape index (κ1) is 19.9. The molecule has 0 radical (unpaired) electrons. The number of aromatic amines is 1. The van der Waals surface area contributed by atoms with Gasteiger partial charge in [0, 0.05) is 17.8 Å². The van der Waals surface area contributed by atoms with Crippen LogP contribution in [0.15, 0.2) is 42.9 Å². The Morgan fingerprint density at radius 1 is 1.07 bits per heavy atom. The van der Waals surface area contributed by atoms with E-state index in [9.17, 15) is 5.11 Å². The number of aromatic nitrogens is 5. The third kappa shape index (κ3) is 4.44. The lowest BCUT2D eigenvalue weighted by Gasteiger charge is -2.08. The van der Waals surface area contributed by atoms with Gasteiger partial charge in [-0.15, -0.1) is 0 Å². The topological polar surface area (TPSA) is 98.1 Å². The highest BCUT2D eigenvalue weighted by molar-refractivity contribution is 5.79. The number of rotatable bonds is 8. The number of ether oxygens (including phenoxy) is 2. The standard InChI is InChI=1S/C22H25N5O3/c1-14(28)12-27-13-16(10-24-27)20-9-21-22(26-20)23-11-17(25-21)5-4-15-6-18(29-2)8-19(7-15)30-3/h6-11,13-14,28H,4-5,12H2,1-3H3,(H,23,26). The summed E-state index contributed by atoms with van der Waals surface area (Å²) in [5.41, 5.74) is 5.42. The maximum Gasteiger partial charge on any atom is 0.156 e. The molecule has 1 atom stereocenters. The van der Waals surface area contributed by atoms with Gasteiger partial charge in [-0.1, -0.05) is 0 Å². The monoisotopic (exact) mass is 407 g/mol. The zero-order valence-corrected chi connectivity index (χ0v) is 17.3. The summed E-state index contributed by atoms with van der Waals surface area (Å²) < 4.78 is 12.4. The highest BCUT2D eigenvalue weighted by Crippen LogP contribution is 2.24. The molecule has 3 aromatic heterocycles. The maximum atomic E-state index is 9.52. The summed E-state index contributed by atoms with van der Waals surface area (Å²) in [6.45, 7) is 2.19. The highest BCUT2D eigenvalue weighted by Gasteiger charge is 2.10. The van der Waals surface area contributed by atoms with Gasteiger partial charge in [0.15, 0.2) is 5.65 Å². The van der Waals surface area contributed by atoms with Gasteiger partial charge in [-0.3, -0.25) is 4.68 Å². The number of nitrogens with zero attached hydrogens (tertiary/aromatic N) is 4. The third-order valence-corrected chi connectivity index (χ3v) is 4.86. The van der Waals surface area contributed by atoms with E-state index in [1.165, 1.54) is 0 Å². The van der Waals surface area contributed by atoms with Crippen molar-refractivity contribution in [1.29, 1.82) is 0 Å². The number of aryl methyl sites for hydroxylation is 2. The zero-order chi connectivity index (χ0) is 21.1. The van der Waals surface area contributed by atoms with Crippen molar-refractivity contribution in [2.75, 3.05) is 14.2 Å². The van der Waals surface area contributed by atoms with Gasteiger partial charge in [-0.2, -0.15) is 5.10 Å². The van der Waals surface area contributed by atoms with Crippen LogP contribution in [0.3, 0.4) is 0 Å². The van der Waals surface area contributed by atoms with Gasteiger partial charge in [-0.05, 0) is 43.5 Å². The fraction of sp³-hybridized carbons (Fsp3) is 0.318. The van der Waals surface area contributed by atoms with Crippen molar-refractivity contribution >= 4 is 11.2 Å². The summed E-state index contributed by atoms with van der Waals surface area (Å²) >= 11 is 0. The quantitative estimate of drug-likeness (QED) is 0.466. The number of H-pyrrole nitrogens is 1. The van der Waals surface area contributed by atoms with E-state index in [1.807, 2.05) is 30.5 Å². The van der Waals surface area contributed by atoms with Crippen molar-refractivity contribution in [3.05, 3.63) is 54.1 Å². The second-order valence-electron chi connectivity index (χ2n) is 7.30. The molecule has 0 amide bonds. The Labute approximate surface area is 174 Å². The summed E-state index contributed by atoms with van der Waals surface area (Å²) in [5, 5.41) is 13.8. The van der Waals surface area contributed by atoms with Crippen LogP contribution < -0.4 is 9.47 Å². The minimum absolute atomic E-state index is 0.448. The molecule has 4 rings (SSSR count). The summed E-state index contributed by atoms with van der Waals surface area (Å²) in [4.78, 5) is 12.6. The second-order valence-corrected chi connectivity index (χ2v) is 7.30. The summed E-state index contributed by atoms with van der Waals surface area (Å²) in [5.74, 6) is 1.55. The van der Waals surface area contributed by atoms with Crippen molar-refractivity contribution < 1.29 is 14.6 Å². The van der Waals surface area contributed by atoms with E-state index in [2.05, 4.69) is 15.1 Å². The normalized spacial score (nSPS) is 12.3. The Kier molecular flexibility index (Phi) is 5.67. The fourth-order valence-corrected chi connectivity index (χ4v) is 3.37. The largest absolute Gasteiger partial charge is 0.497 e. The number of hydrogen-bond donors (Lipinski definition) is 2. The van der Waals surface area contributed by atoms with E-state index < -0.39 is 6.10 Å². The van der Waals surface area contributed by atoms with Gasteiger partial charge in [0.2, 0.25) is 0 Å². The lowest BCUT2D eigenvalue weighted by molar-refractivity contribution is 0.168. The molecule has 0 aliphatic heterocycles. The molecule has 1 aromatic carbocycles. The number of aliphatic hydroxyl groups is 1. The fourth-order valence-electron chi connectivity index (χ4n) is 3.37. The van der Waals surface area contributed by atoms with E-state index in [1.54, 1.807) is 38.2 Å². The maximum absolute atomic E-state index is 9.52. The van der Waals surface area contributed by atoms with Crippen LogP contribution in [0.1, 0.15) is 18.2 Å². The van der Waals surface area contributed by atoms with Crippen LogP contribution >= 0.6 is 0 Å². The van der Waals surface area contributed by atoms with Crippen LogP contribution in [0, 0.1) is 0 Å². The van der Waals surface area contributed by atoms with Crippen LogP contribution in [0.4, 0.5) is 0 Å². The van der Waals surface area contributed by atoms with Crippen LogP contribution in [-0.2, 0) is 19.4 Å². The Balaban J connectivity index is 1.51. The smallest absolute Gasteiger partial charge is 0.156 e. The molecule has 0 fully saturated rings. The van der Waals surface area contributed by atoms with Crippen LogP contribution in [-0.4, -0.2) is 50.2 Å². The van der Waals surface area contributed by atoms with Crippen LogP contribution in [0.25, 0.3) is 22.4 Å². The van der Waals surface area contributed by atoms with Gasteiger partial charge < -0.3 is 19.6 Å². The molecule has 2 N–H and O–H groups in total. The average molecular weight is 407 g/mol. The minimum Gasteiger partial charge on any atom is -0.497 e. The SMILES string of the molecule is COc1cc(CCc2cnc3[nH]c(-c4cnn(CC(C)O)c4)cc3n2)cc(OC)c1. The van der Waals surface area contributed by atoms with Crippen molar-refractivity contribution in [1.82, 2.24) is 24.7 Å². The van der Waals surface area contributed by atoms with E-state index in [0.717, 1.165) is 58.0 Å². The molecule has 8 nitrogen and oxygen atoms in total. The summed E-state index contributed by atoms with van der Waals surface area (Å²) in [6, 6.07) is 7.85. The van der Waals surface area contributed by atoms with E-state index in [4.69, 9.17) is 14.5 Å². The number of methoxy groups -OCH3 is 2. The molecular weight excluding hydrogens is 382 g/mol. The van der Waals surface area contributed by atoms with Crippen LogP contribution in [0.5, 0.6) is 11.5 Å². The van der Waals surface area contributed by atoms with Gasteiger partial charge in [0.25, 0.3) is 0 Å². The molecule has 0 saturated carbocycles. The number of nitrogens with one attached hydrogen (secondary N) is 1. The van der Waals surface area contributed by atoms with Crippen molar-refractivity contribution in [2.24, 2.45) is 0 Å². The van der Waals surface area contributed by atoms with Gasteiger partial charge in [0.05, 0.1) is 50.6 Å². The number of benzene rings is 1. The van der Waals surface area contributed by atoms with Gasteiger partial charge >= 0.3 is 0 Å². The summed E-state index contributed by atoms with van der Waals surface area (Å²) in [6.07, 6.45) is 6.58. The second kappa shape index (κ2) is 8.54. The first-order chi connectivity index (χ1) is 14.5. The molecule has 0 aliphatic carbocycles. The molecule has 30 heavy (non-hydrogen) atoms. The third-order valence-electron chi connectivity index (χ3n) is 4.86. The Hall–Kier alpha value is -3.39. The molecule has 8 heteroatoms. The molecule has 4 aromatic rings. The average Bonchev–Trinajstić information content (AvgIpc) is 3.37. The molecule has 156 valence electrons. The molecule has 0 aliphatic rings. The van der Waals surface area contributed by atoms with E-state index in [-0.39, 0.29) is 0 Å². The predicted octanol–water partition coefficient (Wildman–Crippen LogP) is 3.00. The Bertz CT molecular complexity index is 1130. The van der Waals surface area contributed by atoms with Crippen molar-refractivity contribution in [2.45, 2.75) is 32.4 Å². The van der Waals surface area contributed by atoms with Crippen molar-refractivity contribution in [3.63, 3.8) is 0 Å². The van der Waals surface area contributed by atoms with Crippen molar-refractivity contribution in [3.8, 4) is 22.8 Å². The predicted molar refractivity (Wildman–Crippen MR) is 114 cm³/mol. The molecule has 0 spiro atoms. The molecule has 3 heterocycles.